The predicted octanol–water partition coefficient (Wildman–Crippen LogP) is 3.59. The van der Waals surface area contributed by atoms with Crippen molar-refractivity contribution in [3.8, 4) is 0 Å². The molecule has 0 aromatic heterocycles. The summed E-state index contributed by atoms with van der Waals surface area (Å²) >= 11 is 0. The van der Waals surface area contributed by atoms with E-state index in [0.29, 0.717) is 11.1 Å². The largest absolute Gasteiger partial charge is 0.506 e. The number of esters is 1. The molecule has 0 fully saturated rings. The molecule has 2 rings (SSSR count). The number of aliphatic hydroxyl groups is 1. The van der Waals surface area contributed by atoms with Gasteiger partial charge in [0.25, 0.3) is 0 Å². The summed E-state index contributed by atoms with van der Waals surface area (Å²) in [6, 6.07) is 17.4. The van der Waals surface area contributed by atoms with Gasteiger partial charge in [-0.15, -0.1) is 0 Å². The number of ether oxygens (including phenoxy) is 1. The van der Waals surface area contributed by atoms with Gasteiger partial charge in [0.15, 0.2) is 0 Å². The summed E-state index contributed by atoms with van der Waals surface area (Å²) < 4.78 is 4.99. The lowest BCUT2D eigenvalue weighted by Crippen LogP contribution is -2.18. The minimum atomic E-state index is -0.710. The molecule has 4 nitrogen and oxygen atoms in total. The molecule has 2 aromatic rings. The van der Waals surface area contributed by atoms with E-state index in [1.807, 2.05) is 12.1 Å². The van der Waals surface area contributed by atoms with Crippen LogP contribution < -0.4 is 0 Å². The summed E-state index contributed by atoms with van der Waals surface area (Å²) in [5, 5.41) is 18.7. The van der Waals surface area contributed by atoms with Crippen LogP contribution in [0.4, 0.5) is 0 Å². The molecule has 2 aromatic carbocycles. The minimum Gasteiger partial charge on any atom is -0.506 e. The molecule has 2 N–H and O–H groups in total. The Morgan fingerprint density at radius 1 is 1.00 bits per heavy atom. The second-order valence-corrected chi connectivity index (χ2v) is 4.55. The molecule has 0 saturated heterocycles. The Kier molecular flexibility index (Phi) is 5.09. The van der Waals surface area contributed by atoms with Crippen molar-refractivity contribution in [2.75, 3.05) is 6.61 Å². The number of nitrogens with one attached hydrogen (secondary N) is 1. The van der Waals surface area contributed by atoms with E-state index in [-0.39, 0.29) is 23.7 Å². The van der Waals surface area contributed by atoms with Crippen LogP contribution in [-0.4, -0.2) is 23.4 Å². The fraction of sp³-hybridized carbons (Fsp3) is 0.111. The lowest BCUT2D eigenvalue weighted by molar-refractivity contribution is -0.137. The Labute approximate surface area is 129 Å². The second-order valence-electron chi connectivity index (χ2n) is 4.55. The minimum absolute atomic E-state index is 0.0691. The van der Waals surface area contributed by atoms with E-state index in [0.717, 1.165) is 0 Å². The Morgan fingerprint density at radius 2 is 1.50 bits per heavy atom. The molecule has 0 spiro atoms. The van der Waals surface area contributed by atoms with E-state index in [1.54, 1.807) is 55.5 Å². The Balaban J connectivity index is 2.52. The van der Waals surface area contributed by atoms with Crippen molar-refractivity contribution in [2.45, 2.75) is 6.92 Å². The summed E-state index contributed by atoms with van der Waals surface area (Å²) in [6.07, 6.45) is 0. The van der Waals surface area contributed by atoms with Crippen molar-refractivity contribution in [1.82, 2.24) is 0 Å². The van der Waals surface area contributed by atoms with Crippen LogP contribution in [0.25, 0.3) is 5.76 Å². The predicted molar refractivity (Wildman–Crippen MR) is 85.9 cm³/mol. The van der Waals surface area contributed by atoms with Gasteiger partial charge >= 0.3 is 5.97 Å². The van der Waals surface area contributed by atoms with Gasteiger partial charge in [0, 0.05) is 11.1 Å². The zero-order chi connectivity index (χ0) is 15.9. The number of aliphatic hydroxyl groups excluding tert-OH is 1. The van der Waals surface area contributed by atoms with Crippen LogP contribution in [-0.2, 0) is 9.53 Å². The van der Waals surface area contributed by atoms with Gasteiger partial charge in [0.05, 0.1) is 12.3 Å². The molecular formula is C18H17NO3. The molecule has 4 heteroatoms. The van der Waals surface area contributed by atoms with Crippen LogP contribution in [0.1, 0.15) is 18.1 Å². The van der Waals surface area contributed by atoms with Gasteiger partial charge in [-0.25, -0.2) is 4.79 Å². The Morgan fingerprint density at radius 3 is 2.00 bits per heavy atom. The van der Waals surface area contributed by atoms with Gasteiger partial charge in [-0.3, -0.25) is 5.41 Å². The molecule has 0 aliphatic carbocycles. The van der Waals surface area contributed by atoms with Crippen LogP contribution in [0.5, 0.6) is 0 Å². The summed E-state index contributed by atoms with van der Waals surface area (Å²) in [4.78, 5) is 12.2. The van der Waals surface area contributed by atoms with Crippen molar-refractivity contribution in [3.63, 3.8) is 0 Å². The molecular weight excluding hydrogens is 278 g/mol. The van der Waals surface area contributed by atoms with Crippen LogP contribution in [0, 0.1) is 5.41 Å². The van der Waals surface area contributed by atoms with E-state index in [9.17, 15) is 9.90 Å². The van der Waals surface area contributed by atoms with Gasteiger partial charge in [-0.2, -0.15) is 0 Å². The lowest BCUT2D eigenvalue weighted by Gasteiger charge is -2.12. The molecule has 0 saturated carbocycles. The molecule has 0 bridgehead atoms. The maximum atomic E-state index is 12.2. The number of benzene rings is 2. The standard InChI is InChI=1S/C18H17NO3/c1-2-22-18(21)15(16(19)13-9-5-3-6-10-13)17(20)14-11-7-4-8-12-14/h3-12,19-20H,2H2,1H3/b17-15+,19-16?. The van der Waals surface area contributed by atoms with Gasteiger partial charge in [-0.1, -0.05) is 60.7 Å². The number of hydrogen-bond donors (Lipinski definition) is 2. The number of carbonyl (C=O) groups is 1. The third kappa shape index (κ3) is 3.41. The van der Waals surface area contributed by atoms with E-state index in [4.69, 9.17) is 10.1 Å². The molecule has 0 aliphatic rings. The van der Waals surface area contributed by atoms with Gasteiger partial charge in [-0.05, 0) is 6.92 Å². The lowest BCUT2D eigenvalue weighted by atomic mass is 9.98. The van der Waals surface area contributed by atoms with Crippen molar-refractivity contribution in [1.29, 1.82) is 5.41 Å². The Bertz CT molecular complexity index is 691. The monoisotopic (exact) mass is 295 g/mol. The first-order valence-corrected chi connectivity index (χ1v) is 6.95. The normalized spacial score (nSPS) is 11.5. The molecule has 0 aliphatic heterocycles. The van der Waals surface area contributed by atoms with E-state index in [2.05, 4.69) is 0 Å². The molecule has 0 amide bonds. The van der Waals surface area contributed by atoms with Crippen LogP contribution in [0.15, 0.2) is 66.2 Å². The smallest absolute Gasteiger partial charge is 0.344 e. The topological polar surface area (TPSA) is 70.4 Å². The highest BCUT2D eigenvalue weighted by Gasteiger charge is 2.23. The molecule has 0 atom stereocenters. The maximum absolute atomic E-state index is 12.2. The molecule has 0 heterocycles. The average Bonchev–Trinajstić information content (AvgIpc) is 2.56. The third-order valence-corrected chi connectivity index (χ3v) is 3.08. The van der Waals surface area contributed by atoms with Crippen molar-refractivity contribution in [3.05, 3.63) is 77.4 Å². The number of hydrogen-bond acceptors (Lipinski definition) is 4. The van der Waals surface area contributed by atoms with E-state index < -0.39 is 5.97 Å². The Hall–Kier alpha value is -2.88. The van der Waals surface area contributed by atoms with Crippen LogP contribution in [0.2, 0.25) is 0 Å². The zero-order valence-corrected chi connectivity index (χ0v) is 12.2. The maximum Gasteiger partial charge on any atom is 0.344 e. The van der Waals surface area contributed by atoms with Gasteiger partial charge in [0.1, 0.15) is 11.3 Å². The van der Waals surface area contributed by atoms with Crippen LogP contribution >= 0.6 is 0 Å². The van der Waals surface area contributed by atoms with Crippen molar-refractivity contribution >= 4 is 17.4 Å². The first-order chi connectivity index (χ1) is 10.6. The van der Waals surface area contributed by atoms with Gasteiger partial charge < -0.3 is 9.84 Å². The second kappa shape index (κ2) is 7.22. The van der Waals surface area contributed by atoms with E-state index in [1.165, 1.54) is 0 Å². The SMILES string of the molecule is CCOC(=O)/C(C(=N)c1ccccc1)=C(/O)c1ccccc1. The highest BCUT2D eigenvalue weighted by Crippen LogP contribution is 2.20. The molecule has 0 radical (unpaired) electrons. The fourth-order valence-corrected chi connectivity index (χ4v) is 2.01. The highest BCUT2D eigenvalue weighted by atomic mass is 16.5. The third-order valence-electron chi connectivity index (χ3n) is 3.08. The summed E-state index contributed by atoms with van der Waals surface area (Å²) in [5.41, 5.74) is 0.791. The highest BCUT2D eigenvalue weighted by molar-refractivity contribution is 6.28. The quantitative estimate of drug-likeness (QED) is 0.383. The van der Waals surface area contributed by atoms with E-state index >= 15 is 0 Å². The van der Waals surface area contributed by atoms with Crippen molar-refractivity contribution in [2.24, 2.45) is 0 Å². The summed E-state index contributed by atoms with van der Waals surface area (Å²) in [7, 11) is 0. The first kappa shape index (κ1) is 15.5. The zero-order valence-electron chi connectivity index (χ0n) is 12.2. The summed E-state index contributed by atoms with van der Waals surface area (Å²) in [5.74, 6) is -0.967. The first-order valence-electron chi connectivity index (χ1n) is 6.95. The van der Waals surface area contributed by atoms with Gasteiger partial charge in [0.2, 0.25) is 0 Å². The molecule has 0 unspecified atom stereocenters. The number of rotatable bonds is 5. The molecule has 22 heavy (non-hydrogen) atoms. The fourth-order valence-electron chi connectivity index (χ4n) is 2.01. The van der Waals surface area contributed by atoms with Crippen LogP contribution in [0.3, 0.4) is 0 Å². The average molecular weight is 295 g/mol. The number of carbonyl (C=O) groups excluding carboxylic acids is 1. The summed E-state index contributed by atoms with van der Waals surface area (Å²) in [6.45, 7) is 1.85. The molecule has 112 valence electrons. The van der Waals surface area contributed by atoms with Crippen molar-refractivity contribution < 1.29 is 14.6 Å².